The predicted molar refractivity (Wildman–Crippen MR) is 113 cm³/mol. The van der Waals surface area contributed by atoms with Gasteiger partial charge in [0, 0.05) is 6.42 Å². The summed E-state index contributed by atoms with van der Waals surface area (Å²) in [7, 11) is 0. The van der Waals surface area contributed by atoms with Crippen molar-refractivity contribution >= 4 is 0 Å². The Morgan fingerprint density at radius 1 is 0.871 bits per heavy atom. The SMILES string of the molecule is Cc1ccc(Cc2ccc(OC(F)(F)C3CCC4CC(C)CCC4C3)cc2)c(F)c1F. The number of ether oxygens (including phenoxy) is 1. The molecule has 2 aliphatic rings. The van der Waals surface area contributed by atoms with Crippen LogP contribution < -0.4 is 4.74 Å². The first-order chi connectivity index (χ1) is 14.7. The van der Waals surface area contributed by atoms with Gasteiger partial charge in [-0.3, -0.25) is 0 Å². The Labute approximate surface area is 181 Å². The molecule has 5 heteroatoms. The molecule has 2 aliphatic carbocycles. The molecule has 31 heavy (non-hydrogen) atoms. The van der Waals surface area contributed by atoms with Crippen LogP contribution in [-0.2, 0) is 6.42 Å². The second-order valence-corrected chi connectivity index (χ2v) is 9.60. The third-order valence-corrected chi connectivity index (χ3v) is 7.28. The summed E-state index contributed by atoms with van der Waals surface area (Å²) >= 11 is 0. The number of fused-ring (bicyclic) bond motifs is 1. The van der Waals surface area contributed by atoms with Gasteiger partial charge >= 0.3 is 6.11 Å². The van der Waals surface area contributed by atoms with Crippen molar-refractivity contribution < 1.29 is 22.3 Å². The van der Waals surface area contributed by atoms with E-state index in [2.05, 4.69) is 6.92 Å². The number of benzene rings is 2. The first-order valence-corrected chi connectivity index (χ1v) is 11.3. The number of aryl methyl sites for hydroxylation is 1. The van der Waals surface area contributed by atoms with E-state index < -0.39 is 23.7 Å². The van der Waals surface area contributed by atoms with Crippen molar-refractivity contribution in [3.63, 3.8) is 0 Å². The van der Waals surface area contributed by atoms with Crippen molar-refractivity contribution in [3.8, 4) is 5.75 Å². The zero-order chi connectivity index (χ0) is 22.2. The highest BCUT2D eigenvalue weighted by molar-refractivity contribution is 5.34. The van der Waals surface area contributed by atoms with Gasteiger partial charge in [-0.15, -0.1) is 0 Å². The monoisotopic (exact) mass is 434 g/mol. The lowest BCUT2D eigenvalue weighted by Gasteiger charge is -2.42. The molecule has 2 aromatic carbocycles. The molecule has 0 radical (unpaired) electrons. The standard InChI is InChI=1S/C26H30F4O/c1-16-3-7-20-15-22(10-9-19(20)13-16)26(29,30)31-23-11-5-18(6-12-23)14-21-8-4-17(2)24(27)25(21)28/h4-6,8,11-12,16,19-20,22H,3,7,9-10,13-15H2,1-2H3. The molecule has 0 aromatic heterocycles. The largest absolute Gasteiger partial charge is 0.432 e. The Morgan fingerprint density at radius 3 is 2.29 bits per heavy atom. The van der Waals surface area contributed by atoms with Gasteiger partial charge in [-0.1, -0.05) is 37.6 Å². The lowest BCUT2D eigenvalue weighted by Crippen LogP contribution is -2.41. The molecule has 0 bridgehead atoms. The molecule has 4 rings (SSSR count). The molecule has 0 spiro atoms. The molecule has 168 valence electrons. The molecule has 0 saturated heterocycles. The number of rotatable bonds is 5. The van der Waals surface area contributed by atoms with Crippen LogP contribution in [0.25, 0.3) is 0 Å². The van der Waals surface area contributed by atoms with E-state index in [0.29, 0.717) is 36.2 Å². The molecule has 0 heterocycles. The van der Waals surface area contributed by atoms with E-state index in [1.807, 2.05) is 0 Å². The van der Waals surface area contributed by atoms with Crippen LogP contribution in [0.4, 0.5) is 17.6 Å². The summed E-state index contributed by atoms with van der Waals surface area (Å²) in [6, 6.07) is 9.31. The van der Waals surface area contributed by atoms with Gasteiger partial charge in [-0.2, -0.15) is 8.78 Å². The third-order valence-electron chi connectivity index (χ3n) is 7.28. The van der Waals surface area contributed by atoms with Crippen LogP contribution in [0.5, 0.6) is 5.75 Å². The van der Waals surface area contributed by atoms with Crippen LogP contribution in [0.3, 0.4) is 0 Å². The summed E-state index contributed by atoms with van der Waals surface area (Å²) in [6.07, 6.45) is 2.20. The van der Waals surface area contributed by atoms with Gasteiger partial charge in [-0.05, 0) is 85.6 Å². The number of hydrogen-bond donors (Lipinski definition) is 0. The Hall–Kier alpha value is -2.04. The maximum absolute atomic E-state index is 14.9. The van der Waals surface area contributed by atoms with Crippen molar-refractivity contribution in [3.05, 3.63) is 64.7 Å². The van der Waals surface area contributed by atoms with E-state index >= 15 is 0 Å². The fourth-order valence-corrected chi connectivity index (χ4v) is 5.39. The number of alkyl halides is 2. The highest BCUT2D eigenvalue weighted by atomic mass is 19.3. The minimum Gasteiger partial charge on any atom is -0.432 e. The predicted octanol–water partition coefficient (Wildman–Crippen LogP) is 7.69. The Balaban J connectivity index is 1.39. The maximum Gasteiger partial charge on any atom is 0.400 e. The van der Waals surface area contributed by atoms with Gasteiger partial charge in [-0.25, -0.2) is 8.78 Å². The molecule has 2 fully saturated rings. The fraction of sp³-hybridized carbons (Fsp3) is 0.538. The van der Waals surface area contributed by atoms with Crippen molar-refractivity contribution in [1.82, 2.24) is 0 Å². The molecule has 4 atom stereocenters. The quantitative estimate of drug-likeness (QED) is 0.438. The van der Waals surface area contributed by atoms with Crippen LogP contribution in [0.15, 0.2) is 36.4 Å². The summed E-state index contributed by atoms with van der Waals surface area (Å²) in [5.41, 5.74) is 1.19. The zero-order valence-corrected chi connectivity index (χ0v) is 18.1. The molecular formula is C26H30F4O. The second kappa shape index (κ2) is 8.84. The van der Waals surface area contributed by atoms with E-state index in [1.165, 1.54) is 25.1 Å². The van der Waals surface area contributed by atoms with Crippen LogP contribution in [0, 0.1) is 42.2 Å². The zero-order valence-electron chi connectivity index (χ0n) is 18.1. The molecule has 0 aliphatic heterocycles. The number of halogens is 4. The van der Waals surface area contributed by atoms with Gasteiger partial charge in [0.05, 0.1) is 5.92 Å². The molecule has 0 amide bonds. The smallest absolute Gasteiger partial charge is 0.400 e. The number of hydrogen-bond acceptors (Lipinski definition) is 1. The van der Waals surface area contributed by atoms with Gasteiger partial charge in [0.2, 0.25) is 0 Å². The molecule has 0 N–H and O–H groups in total. The molecular weight excluding hydrogens is 404 g/mol. The minimum atomic E-state index is -3.21. The molecule has 1 nitrogen and oxygen atoms in total. The second-order valence-electron chi connectivity index (χ2n) is 9.60. The first kappa shape index (κ1) is 22.2. The lowest BCUT2D eigenvalue weighted by atomic mass is 9.65. The van der Waals surface area contributed by atoms with Crippen LogP contribution in [-0.4, -0.2) is 6.11 Å². The Kier molecular flexibility index (Phi) is 6.32. The van der Waals surface area contributed by atoms with E-state index in [0.717, 1.165) is 25.7 Å². The molecule has 2 aromatic rings. The van der Waals surface area contributed by atoms with Gasteiger partial charge in [0.25, 0.3) is 0 Å². The van der Waals surface area contributed by atoms with E-state index in [9.17, 15) is 17.6 Å². The summed E-state index contributed by atoms with van der Waals surface area (Å²) in [6.45, 7) is 3.77. The van der Waals surface area contributed by atoms with Crippen LogP contribution >= 0.6 is 0 Å². The van der Waals surface area contributed by atoms with Crippen molar-refractivity contribution in [2.45, 2.75) is 64.9 Å². The average Bonchev–Trinajstić information content (AvgIpc) is 2.75. The van der Waals surface area contributed by atoms with Gasteiger partial charge in [0.1, 0.15) is 5.75 Å². The highest BCUT2D eigenvalue weighted by Gasteiger charge is 2.47. The van der Waals surface area contributed by atoms with Crippen LogP contribution in [0.2, 0.25) is 0 Å². The van der Waals surface area contributed by atoms with E-state index in [1.54, 1.807) is 18.2 Å². The Bertz CT molecular complexity index is 908. The minimum absolute atomic E-state index is 0.101. The topological polar surface area (TPSA) is 9.23 Å². The van der Waals surface area contributed by atoms with Crippen molar-refractivity contribution in [2.75, 3.05) is 0 Å². The highest BCUT2D eigenvalue weighted by Crippen LogP contribution is 2.48. The van der Waals surface area contributed by atoms with Crippen LogP contribution in [0.1, 0.15) is 62.1 Å². The van der Waals surface area contributed by atoms with Gasteiger partial charge in [0.15, 0.2) is 11.6 Å². The van der Waals surface area contributed by atoms with E-state index in [4.69, 9.17) is 4.74 Å². The average molecular weight is 435 g/mol. The van der Waals surface area contributed by atoms with Crippen molar-refractivity contribution in [2.24, 2.45) is 23.7 Å². The third kappa shape index (κ3) is 4.91. The fourth-order valence-electron chi connectivity index (χ4n) is 5.39. The summed E-state index contributed by atoms with van der Waals surface area (Å²) in [5.74, 6) is -0.689. The Morgan fingerprint density at radius 2 is 1.55 bits per heavy atom. The summed E-state index contributed by atoms with van der Waals surface area (Å²) in [5, 5.41) is 0. The molecule has 4 unspecified atom stereocenters. The van der Waals surface area contributed by atoms with E-state index in [-0.39, 0.29) is 23.3 Å². The lowest BCUT2D eigenvalue weighted by molar-refractivity contribution is -0.228. The first-order valence-electron chi connectivity index (χ1n) is 11.3. The molecule has 2 saturated carbocycles. The summed E-state index contributed by atoms with van der Waals surface area (Å²) in [4.78, 5) is 0. The maximum atomic E-state index is 14.9. The van der Waals surface area contributed by atoms with Gasteiger partial charge < -0.3 is 4.74 Å². The summed E-state index contributed by atoms with van der Waals surface area (Å²) < 4.78 is 62.8. The van der Waals surface area contributed by atoms with Crippen molar-refractivity contribution in [1.29, 1.82) is 0 Å². The normalized spacial score (nSPS) is 26.4.